The Hall–Kier alpha value is -0.120. The third-order valence-corrected chi connectivity index (χ3v) is 4.41. The molecule has 0 saturated heterocycles. The molecule has 0 aromatic rings. The summed E-state index contributed by atoms with van der Waals surface area (Å²) >= 11 is 0. The Morgan fingerprint density at radius 1 is 1.33 bits per heavy atom. The lowest BCUT2D eigenvalue weighted by atomic mass is 9.78. The van der Waals surface area contributed by atoms with E-state index >= 15 is 0 Å². The van der Waals surface area contributed by atoms with Gasteiger partial charge in [-0.15, -0.1) is 0 Å². The Balaban J connectivity index is 2.64. The number of hydrogen-bond acceptors (Lipinski definition) is 3. The minimum absolute atomic E-state index is 0.530. The van der Waals surface area contributed by atoms with Crippen LogP contribution in [-0.4, -0.2) is 43.8 Å². The Morgan fingerprint density at radius 2 is 2.06 bits per heavy atom. The van der Waals surface area contributed by atoms with E-state index in [0.717, 1.165) is 31.5 Å². The fraction of sp³-hybridized carbons (Fsp3) is 1.00. The van der Waals surface area contributed by atoms with Gasteiger partial charge in [-0.2, -0.15) is 0 Å². The molecule has 1 aliphatic carbocycles. The van der Waals surface area contributed by atoms with Crippen LogP contribution in [0, 0.1) is 11.8 Å². The van der Waals surface area contributed by atoms with E-state index in [4.69, 9.17) is 10.5 Å². The molecule has 3 heteroatoms. The summed E-state index contributed by atoms with van der Waals surface area (Å²) in [5, 5.41) is 0. The Kier molecular flexibility index (Phi) is 7.20. The third-order valence-electron chi connectivity index (χ3n) is 4.41. The molecule has 0 amide bonds. The maximum Gasteiger partial charge on any atom is 0.0589 e. The number of hydrogen-bond donors (Lipinski definition) is 1. The number of rotatable bonds is 7. The quantitative estimate of drug-likeness (QED) is 0.760. The van der Waals surface area contributed by atoms with Crippen molar-refractivity contribution in [3.63, 3.8) is 0 Å². The smallest absolute Gasteiger partial charge is 0.0589 e. The van der Waals surface area contributed by atoms with Gasteiger partial charge in [-0.1, -0.05) is 19.8 Å². The van der Waals surface area contributed by atoms with Crippen molar-refractivity contribution in [3.05, 3.63) is 0 Å². The lowest BCUT2D eigenvalue weighted by Gasteiger charge is -2.41. The molecule has 0 aromatic carbocycles. The molecule has 3 nitrogen and oxygen atoms in total. The Labute approximate surface area is 113 Å². The second-order valence-corrected chi connectivity index (χ2v) is 6.16. The van der Waals surface area contributed by atoms with Crippen molar-refractivity contribution in [3.8, 4) is 0 Å². The summed E-state index contributed by atoms with van der Waals surface area (Å²) in [4.78, 5) is 2.55. The summed E-state index contributed by atoms with van der Waals surface area (Å²) in [6.45, 7) is 9.50. The fourth-order valence-electron chi connectivity index (χ4n) is 3.43. The van der Waals surface area contributed by atoms with Crippen LogP contribution >= 0.6 is 0 Å². The van der Waals surface area contributed by atoms with Crippen molar-refractivity contribution in [2.24, 2.45) is 17.6 Å². The molecule has 0 spiro atoms. The largest absolute Gasteiger partial charge is 0.383 e. The zero-order valence-corrected chi connectivity index (χ0v) is 12.7. The molecule has 0 aliphatic heterocycles. The van der Waals surface area contributed by atoms with Crippen LogP contribution in [0.2, 0.25) is 0 Å². The molecule has 108 valence electrons. The van der Waals surface area contributed by atoms with Crippen LogP contribution in [0.5, 0.6) is 0 Å². The summed E-state index contributed by atoms with van der Waals surface area (Å²) in [6.07, 6.45) is 5.46. The first kappa shape index (κ1) is 15.9. The molecule has 0 radical (unpaired) electrons. The van der Waals surface area contributed by atoms with Gasteiger partial charge in [0, 0.05) is 32.3 Å². The zero-order chi connectivity index (χ0) is 13.5. The fourth-order valence-corrected chi connectivity index (χ4v) is 3.43. The molecular weight excluding hydrogens is 224 g/mol. The van der Waals surface area contributed by atoms with E-state index in [1.807, 2.05) is 0 Å². The maximum atomic E-state index is 6.08. The molecule has 3 atom stereocenters. The number of nitrogens with zero attached hydrogens (tertiary/aromatic N) is 1. The number of methoxy groups -OCH3 is 1. The van der Waals surface area contributed by atoms with E-state index in [-0.39, 0.29) is 0 Å². The minimum Gasteiger partial charge on any atom is -0.383 e. The van der Waals surface area contributed by atoms with Gasteiger partial charge in [-0.05, 0) is 38.5 Å². The van der Waals surface area contributed by atoms with Crippen LogP contribution in [0.15, 0.2) is 0 Å². The molecule has 1 aliphatic rings. The molecule has 1 rings (SSSR count). The van der Waals surface area contributed by atoms with Crippen molar-refractivity contribution in [1.29, 1.82) is 0 Å². The lowest BCUT2D eigenvalue weighted by molar-refractivity contribution is 0.0546. The van der Waals surface area contributed by atoms with Gasteiger partial charge in [0.25, 0.3) is 0 Å². The third kappa shape index (κ3) is 4.52. The van der Waals surface area contributed by atoms with Crippen molar-refractivity contribution in [1.82, 2.24) is 4.90 Å². The molecule has 1 fully saturated rings. The van der Waals surface area contributed by atoms with Gasteiger partial charge >= 0.3 is 0 Å². The second-order valence-electron chi connectivity index (χ2n) is 6.16. The molecule has 1 saturated carbocycles. The highest BCUT2D eigenvalue weighted by Crippen LogP contribution is 2.32. The van der Waals surface area contributed by atoms with Gasteiger partial charge in [0.2, 0.25) is 0 Å². The first-order valence-corrected chi connectivity index (χ1v) is 7.54. The van der Waals surface area contributed by atoms with E-state index in [2.05, 4.69) is 25.7 Å². The van der Waals surface area contributed by atoms with Gasteiger partial charge in [-0.25, -0.2) is 0 Å². The summed E-state index contributed by atoms with van der Waals surface area (Å²) in [7, 11) is 1.78. The number of nitrogens with two attached hydrogens (primary N) is 1. The van der Waals surface area contributed by atoms with Crippen LogP contribution in [0.25, 0.3) is 0 Å². The molecule has 0 aromatic heterocycles. The molecule has 0 heterocycles. The highest BCUT2D eigenvalue weighted by molar-refractivity contribution is 4.85. The summed E-state index contributed by atoms with van der Waals surface area (Å²) < 4.78 is 5.24. The van der Waals surface area contributed by atoms with E-state index in [1.165, 1.54) is 25.7 Å². The summed E-state index contributed by atoms with van der Waals surface area (Å²) in [5.41, 5.74) is 6.08. The topological polar surface area (TPSA) is 38.5 Å². The van der Waals surface area contributed by atoms with Crippen LogP contribution in [-0.2, 0) is 4.74 Å². The van der Waals surface area contributed by atoms with E-state index < -0.39 is 0 Å². The monoisotopic (exact) mass is 256 g/mol. The van der Waals surface area contributed by atoms with Gasteiger partial charge in [-0.3, -0.25) is 4.90 Å². The highest BCUT2D eigenvalue weighted by Gasteiger charge is 2.30. The van der Waals surface area contributed by atoms with E-state index in [1.54, 1.807) is 7.11 Å². The van der Waals surface area contributed by atoms with Gasteiger partial charge in [0.05, 0.1) is 6.61 Å². The summed E-state index contributed by atoms with van der Waals surface area (Å²) in [6, 6.07) is 1.08. The van der Waals surface area contributed by atoms with E-state index in [0.29, 0.717) is 12.1 Å². The minimum atomic E-state index is 0.530. The first-order valence-electron chi connectivity index (χ1n) is 7.54. The normalized spacial score (nSPS) is 26.8. The van der Waals surface area contributed by atoms with Crippen LogP contribution in [0.3, 0.4) is 0 Å². The average molecular weight is 256 g/mol. The zero-order valence-electron chi connectivity index (χ0n) is 12.7. The predicted molar refractivity (Wildman–Crippen MR) is 77.7 cm³/mol. The van der Waals surface area contributed by atoms with Gasteiger partial charge in [0.15, 0.2) is 0 Å². The van der Waals surface area contributed by atoms with Crippen molar-refractivity contribution >= 4 is 0 Å². The molecule has 0 bridgehead atoms. The molecular formula is C15H32N2O. The average Bonchev–Trinajstić information content (AvgIpc) is 2.34. The SMILES string of the molecule is COCCN(C(C)C)C(CN)C1CCCC(C)C1. The Morgan fingerprint density at radius 3 is 2.56 bits per heavy atom. The maximum absolute atomic E-state index is 6.08. The molecule has 2 N–H and O–H groups in total. The predicted octanol–water partition coefficient (Wildman–Crippen LogP) is 2.50. The highest BCUT2D eigenvalue weighted by atomic mass is 16.5. The Bertz CT molecular complexity index is 221. The van der Waals surface area contributed by atoms with Gasteiger partial charge in [0.1, 0.15) is 0 Å². The van der Waals surface area contributed by atoms with E-state index in [9.17, 15) is 0 Å². The van der Waals surface area contributed by atoms with Crippen molar-refractivity contribution < 1.29 is 4.74 Å². The van der Waals surface area contributed by atoms with Crippen molar-refractivity contribution in [2.45, 2.75) is 58.5 Å². The van der Waals surface area contributed by atoms with Crippen LogP contribution in [0.1, 0.15) is 46.5 Å². The first-order chi connectivity index (χ1) is 8.60. The second kappa shape index (κ2) is 8.13. The summed E-state index contributed by atoms with van der Waals surface area (Å²) in [5.74, 6) is 1.65. The van der Waals surface area contributed by atoms with Crippen molar-refractivity contribution in [2.75, 3.05) is 26.8 Å². The lowest BCUT2D eigenvalue weighted by Crippen LogP contribution is -2.51. The molecule has 3 unspecified atom stereocenters. The van der Waals surface area contributed by atoms with Crippen LogP contribution in [0.4, 0.5) is 0 Å². The molecule has 18 heavy (non-hydrogen) atoms. The number of ether oxygens (including phenoxy) is 1. The van der Waals surface area contributed by atoms with Gasteiger partial charge < -0.3 is 10.5 Å². The standard InChI is InChI=1S/C15H32N2O/c1-12(2)17(8-9-18-4)15(11-16)14-7-5-6-13(3)10-14/h12-15H,5-11,16H2,1-4H3. The van der Waals surface area contributed by atoms with Crippen LogP contribution < -0.4 is 5.73 Å².